The highest BCUT2D eigenvalue weighted by Gasteiger charge is 2.21. The Kier molecular flexibility index (Phi) is 3.70. The normalized spacial score (nSPS) is 16.8. The van der Waals surface area contributed by atoms with Crippen molar-refractivity contribution in [2.24, 2.45) is 5.92 Å². The molecule has 0 spiro atoms. The molecule has 0 atom stereocenters. The van der Waals surface area contributed by atoms with Gasteiger partial charge in [0.15, 0.2) is 5.78 Å². The molecule has 1 heterocycles. The van der Waals surface area contributed by atoms with Gasteiger partial charge in [0, 0.05) is 13.0 Å². The van der Waals surface area contributed by atoms with Gasteiger partial charge in [0.2, 0.25) is 0 Å². The number of aromatic nitrogens is 3. The maximum Gasteiger partial charge on any atom is 0.182 e. The first kappa shape index (κ1) is 11.3. The molecule has 1 aromatic heterocycles. The van der Waals surface area contributed by atoms with E-state index in [2.05, 4.69) is 17.2 Å². The van der Waals surface area contributed by atoms with Gasteiger partial charge in [-0.3, -0.25) is 4.79 Å². The fourth-order valence-electron chi connectivity index (χ4n) is 2.43. The van der Waals surface area contributed by atoms with Crippen LogP contribution in [0.15, 0.2) is 6.20 Å². The molecule has 1 fully saturated rings. The molecule has 0 N–H and O–H groups in total. The summed E-state index contributed by atoms with van der Waals surface area (Å²) in [7, 11) is 0. The van der Waals surface area contributed by atoms with Crippen LogP contribution in [0.3, 0.4) is 0 Å². The lowest BCUT2D eigenvalue weighted by atomic mass is 10.00. The van der Waals surface area contributed by atoms with Gasteiger partial charge < -0.3 is 0 Å². The monoisotopic (exact) mass is 221 g/mol. The van der Waals surface area contributed by atoms with Gasteiger partial charge in [0.05, 0.1) is 6.20 Å². The highest BCUT2D eigenvalue weighted by Crippen LogP contribution is 2.28. The van der Waals surface area contributed by atoms with Crippen molar-refractivity contribution in [1.82, 2.24) is 15.0 Å². The number of hydrogen-bond acceptors (Lipinski definition) is 3. The predicted octanol–water partition coefficient (Wildman–Crippen LogP) is 2.45. The van der Waals surface area contributed by atoms with Crippen molar-refractivity contribution in [3.05, 3.63) is 11.9 Å². The van der Waals surface area contributed by atoms with Crippen LogP contribution in [0.25, 0.3) is 0 Å². The number of carbonyl (C=O) groups is 1. The van der Waals surface area contributed by atoms with Gasteiger partial charge in [-0.1, -0.05) is 37.8 Å². The Morgan fingerprint density at radius 3 is 2.94 bits per heavy atom. The van der Waals surface area contributed by atoms with Crippen LogP contribution in [-0.2, 0) is 6.54 Å². The second-order valence-electron chi connectivity index (χ2n) is 4.62. The van der Waals surface area contributed by atoms with Crippen LogP contribution < -0.4 is 0 Å². The second-order valence-corrected chi connectivity index (χ2v) is 4.62. The summed E-state index contributed by atoms with van der Waals surface area (Å²) in [6.45, 7) is 2.86. The molecular weight excluding hydrogens is 202 g/mol. The predicted molar refractivity (Wildman–Crippen MR) is 61.2 cm³/mol. The van der Waals surface area contributed by atoms with Gasteiger partial charge in [-0.15, -0.1) is 5.10 Å². The van der Waals surface area contributed by atoms with E-state index in [0.717, 1.165) is 13.0 Å². The van der Waals surface area contributed by atoms with Crippen LogP contribution in [0.2, 0.25) is 0 Å². The van der Waals surface area contributed by atoms with E-state index in [0.29, 0.717) is 18.0 Å². The Balaban J connectivity index is 1.99. The quantitative estimate of drug-likeness (QED) is 0.717. The van der Waals surface area contributed by atoms with Crippen molar-refractivity contribution < 1.29 is 4.79 Å². The van der Waals surface area contributed by atoms with Crippen molar-refractivity contribution >= 4 is 5.78 Å². The molecule has 0 aromatic carbocycles. The highest BCUT2D eigenvalue weighted by molar-refractivity contribution is 5.94. The molecule has 88 valence electrons. The number of Topliss-reactive ketones (excluding diaryl/α,β-unsaturated/α-hetero) is 1. The van der Waals surface area contributed by atoms with E-state index < -0.39 is 0 Å². The number of rotatable bonds is 5. The topological polar surface area (TPSA) is 47.8 Å². The Morgan fingerprint density at radius 2 is 2.25 bits per heavy atom. The Labute approximate surface area is 96.0 Å². The van der Waals surface area contributed by atoms with Crippen molar-refractivity contribution in [2.45, 2.75) is 52.0 Å². The van der Waals surface area contributed by atoms with Crippen LogP contribution in [0.1, 0.15) is 55.9 Å². The Hall–Kier alpha value is -1.19. The molecule has 0 bridgehead atoms. The first-order chi connectivity index (χ1) is 7.81. The third kappa shape index (κ3) is 2.49. The van der Waals surface area contributed by atoms with Gasteiger partial charge in [-0.2, -0.15) is 0 Å². The SMILES string of the molecule is CCCn1nncc1C(=O)CC1CCCC1. The molecule has 4 nitrogen and oxygen atoms in total. The van der Waals surface area contributed by atoms with Gasteiger partial charge in [-0.05, 0) is 12.3 Å². The van der Waals surface area contributed by atoms with E-state index in [1.165, 1.54) is 25.7 Å². The number of carbonyl (C=O) groups excluding carboxylic acids is 1. The van der Waals surface area contributed by atoms with Crippen molar-refractivity contribution in [3.8, 4) is 0 Å². The Bertz CT molecular complexity index is 353. The summed E-state index contributed by atoms with van der Waals surface area (Å²) < 4.78 is 1.73. The van der Waals surface area contributed by atoms with Crippen LogP contribution in [0, 0.1) is 5.92 Å². The maximum atomic E-state index is 12.1. The highest BCUT2D eigenvalue weighted by atomic mass is 16.1. The summed E-state index contributed by atoms with van der Waals surface area (Å²) in [5.74, 6) is 0.808. The zero-order chi connectivity index (χ0) is 11.4. The molecule has 0 saturated heterocycles. The van der Waals surface area contributed by atoms with E-state index >= 15 is 0 Å². The summed E-state index contributed by atoms with van der Waals surface area (Å²) >= 11 is 0. The fourth-order valence-corrected chi connectivity index (χ4v) is 2.43. The zero-order valence-corrected chi connectivity index (χ0v) is 9.85. The molecule has 1 aliphatic carbocycles. The molecule has 0 aliphatic heterocycles. The van der Waals surface area contributed by atoms with Crippen molar-refractivity contribution in [2.75, 3.05) is 0 Å². The van der Waals surface area contributed by atoms with E-state index in [4.69, 9.17) is 0 Å². The molecule has 0 unspecified atom stereocenters. The lowest BCUT2D eigenvalue weighted by Crippen LogP contribution is -2.13. The van der Waals surface area contributed by atoms with Crippen molar-refractivity contribution in [1.29, 1.82) is 0 Å². The molecule has 0 radical (unpaired) electrons. The zero-order valence-electron chi connectivity index (χ0n) is 9.85. The maximum absolute atomic E-state index is 12.1. The number of nitrogens with zero attached hydrogens (tertiary/aromatic N) is 3. The van der Waals surface area contributed by atoms with E-state index in [9.17, 15) is 4.79 Å². The first-order valence-corrected chi connectivity index (χ1v) is 6.23. The fraction of sp³-hybridized carbons (Fsp3) is 0.750. The van der Waals surface area contributed by atoms with Gasteiger partial charge >= 0.3 is 0 Å². The summed E-state index contributed by atoms with van der Waals surface area (Å²) in [5.41, 5.74) is 0.689. The summed E-state index contributed by atoms with van der Waals surface area (Å²) in [6, 6.07) is 0. The minimum absolute atomic E-state index is 0.213. The smallest absolute Gasteiger partial charge is 0.182 e. The third-order valence-corrected chi connectivity index (χ3v) is 3.29. The van der Waals surface area contributed by atoms with E-state index in [-0.39, 0.29) is 5.78 Å². The first-order valence-electron chi connectivity index (χ1n) is 6.23. The minimum atomic E-state index is 0.213. The third-order valence-electron chi connectivity index (χ3n) is 3.29. The number of hydrogen-bond donors (Lipinski definition) is 0. The van der Waals surface area contributed by atoms with Crippen LogP contribution in [0.5, 0.6) is 0 Å². The molecular formula is C12H19N3O. The lowest BCUT2D eigenvalue weighted by Gasteiger charge is -2.08. The molecule has 4 heteroatoms. The van der Waals surface area contributed by atoms with Gasteiger partial charge in [0.25, 0.3) is 0 Å². The second kappa shape index (κ2) is 5.23. The van der Waals surface area contributed by atoms with E-state index in [1.807, 2.05) is 0 Å². The van der Waals surface area contributed by atoms with Gasteiger partial charge in [-0.25, -0.2) is 4.68 Å². The molecule has 16 heavy (non-hydrogen) atoms. The summed E-state index contributed by atoms with van der Waals surface area (Å²) in [4.78, 5) is 12.1. The minimum Gasteiger partial charge on any atom is -0.292 e. The summed E-state index contributed by atoms with van der Waals surface area (Å²) in [5, 5.41) is 7.78. The number of ketones is 1. The standard InChI is InChI=1S/C12H19N3O/c1-2-7-15-11(9-13-14-15)12(16)8-10-5-3-4-6-10/h9-10H,2-8H2,1H3. The Morgan fingerprint density at radius 1 is 1.50 bits per heavy atom. The van der Waals surface area contributed by atoms with Crippen LogP contribution >= 0.6 is 0 Å². The molecule has 1 aromatic rings. The lowest BCUT2D eigenvalue weighted by molar-refractivity contribution is 0.0951. The van der Waals surface area contributed by atoms with E-state index in [1.54, 1.807) is 10.9 Å². The van der Waals surface area contributed by atoms with Crippen LogP contribution in [-0.4, -0.2) is 20.8 Å². The molecule has 2 rings (SSSR count). The molecule has 1 saturated carbocycles. The largest absolute Gasteiger partial charge is 0.292 e. The van der Waals surface area contributed by atoms with Crippen LogP contribution in [0.4, 0.5) is 0 Å². The molecule has 0 amide bonds. The average Bonchev–Trinajstić information content (AvgIpc) is 2.89. The number of aryl methyl sites for hydroxylation is 1. The summed E-state index contributed by atoms with van der Waals surface area (Å²) in [6.07, 6.45) is 8.24. The molecule has 1 aliphatic rings. The average molecular weight is 221 g/mol. The van der Waals surface area contributed by atoms with Gasteiger partial charge in [0.1, 0.15) is 5.69 Å². The van der Waals surface area contributed by atoms with Crippen molar-refractivity contribution in [3.63, 3.8) is 0 Å².